The summed E-state index contributed by atoms with van der Waals surface area (Å²) in [5.41, 5.74) is 4.79. The molecule has 0 bridgehead atoms. The molecule has 0 saturated heterocycles. The molecule has 0 aromatic carbocycles. The lowest BCUT2D eigenvalue weighted by Crippen LogP contribution is -2.27. The summed E-state index contributed by atoms with van der Waals surface area (Å²) in [4.78, 5) is 33.2. The number of aromatic amines is 1. The van der Waals surface area contributed by atoms with E-state index in [1.807, 2.05) is 20.8 Å². The van der Waals surface area contributed by atoms with Crippen LogP contribution in [0.15, 0.2) is 23.0 Å². The summed E-state index contributed by atoms with van der Waals surface area (Å²) in [6.07, 6.45) is 0.511. The van der Waals surface area contributed by atoms with Crippen molar-refractivity contribution in [3.8, 4) is 5.69 Å². The first-order valence-corrected chi connectivity index (χ1v) is 9.70. The number of carbonyl (C=O) groups is 1. The molecule has 0 aliphatic rings. The van der Waals surface area contributed by atoms with Crippen LogP contribution in [0.3, 0.4) is 0 Å². The molecule has 3 rings (SSSR count). The topological polar surface area (TPSA) is 79.8 Å². The molecule has 3 heterocycles. The molecule has 2 N–H and O–H groups in total. The molecule has 0 unspecified atom stereocenters. The Kier molecular flexibility index (Phi) is 5.32. The molecule has 7 heteroatoms. The average Bonchev–Trinajstić information content (AvgIpc) is 3.06. The van der Waals surface area contributed by atoms with Crippen molar-refractivity contribution in [3.05, 3.63) is 66.8 Å². The van der Waals surface area contributed by atoms with Gasteiger partial charge in [0, 0.05) is 41.0 Å². The minimum atomic E-state index is -0.172. The molecule has 0 atom stereocenters. The predicted molar refractivity (Wildman–Crippen MR) is 108 cm³/mol. The summed E-state index contributed by atoms with van der Waals surface area (Å²) < 4.78 is 2.13. The van der Waals surface area contributed by atoms with Gasteiger partial charge in [0.05, 0.1) is 5.69 Å². The van der Waals surface area contributed by atoms with Crippen LogP contribution >= 0.6 is 11.3 Å². The summed E-state index contributed by atoms with van der Waals surface area (Å²) >= 11 is 1.51. The average molecular weight is 385 g/mol. The van der Waals surface area contributed by atoms with Crippen LogP contribution in [0, 0.1) is 34.6 Å². The van der Waals surface area contributed by atoms with Gasteiger partial charge in [0.1, 0.15) is 10.7 Å². The van der Waals surface area contributed by atoms with Crippen LogP contribution in [0.4, 0.5) is 0 Å². The van der Waals surface area contributed by atoms with Gasteiger partial charge >= 0.3 is 0 Å². The number of aryl methyl sites for hydroxylation is 4. The van der Waals surface area contributed by atoms with Gasteiger partial charge in [-0.15, -0.1) is 11.3 Å². The van der Waals surface area contributed by atoms with Gasteiger partial charge in [-0.25, -0.2) is 4.98 Å². The number of carbonyl (C=O) groups excluding carboxylic acids is 1. The number of aromatic nitrogens is 3. The Balaban J connectivity index is 1.81. The zero-order valence-corrected chi connectivity index (χ0v) is 17.1. The predicted octanol–water partition coefficient (Wildman–Crippen LogP) is 3.14. The Morgan fingerprint density at radius 3 is 2.48 bits per heavy atom. The van der Waals surface area contributed by atoms with Gasteiger partial charge in [0.2, 0.25) is 0 Å². The van der Waals surface area contributed by atoms with Crippen LogP contribution in [-0.4, -0.2) is 27.0 Å². The van der Waals surface area contributed by atoms with E-state index in [9.17, 15) is 9.59 Å². The fraction of sp³-hybridized carbons (Fsp3) is 0.350. The molecule has 0 aliphatic heterocycles. The first-order chi connectivity index (χ1) is 12.8. The van der Waals surface area contributed by atoms with E-state index in [4.69, 9.17) is 0 Å². The summed E-state index contributed by atoms with van der Waals surface area (Å²) in [6.45, 7) is 10.4. The van der Waals surface area contributed by atoms with Gasteiger partial charge in [-0.1, -0.05) is 0 Å². The number of thiophene rings is 1. The number of amides is 1. The molecule has 0 radical (unpaired) electrons. The minimum Gasteiger partial charge on any atom is -0.351 e. The zero-order chi connectivity index (χ0) is 19.7. The van der Waals surface area contributed by atoms with E-state index < -0.39 is 0 Å². The van der Waals surface area contributed by atoms with Crippen LogP contribution in [-0.2, 0) is 6.42 Å². The molecule has 27 heavy (non-hydrogen) atoms. The van der Waals surface area contributed by atoms with E-state index in [1.165, 1.54) is 17.4 Å². The maximum absolute atomic E-state index is 12.9. The lowest BCUT2D eigenvalue weighted by atomic mass is 10.2. The molecule has 0 fully saturated rings. The van der Waals surface area contributed by atoms with Crippen molar-refractivity contribution >= 4 is 17.2 Å². The van der Waals surface area contributed by atoms with Crippen LogP contribution in [0.2, 0.25) is 0 Å². The second kappa shape index (κ2) is 7.52. The highest BCUT2D eigenvalue weighted by Gasteiger charge is 2.21. The first-order valence-electron chi connectivity index (χ1n) is 8.88. The van der Waals surface area contributed by atoms with Gasteiger partial charge in [-0.05, 0) is 52.3 Å². The lowest BCUT2D eigenvalue weighted by molar-refractivity contribution is 0.0958. The Hall–Kier alpha value is -2.67. The molecular formula is C20H24N4O2S. The van der Waals surface area contributed by atoms with Crippen LogP contribution < -0.4 is 10.9 Å². The highest BCUT2D eigenvalue weighted by atomic mass is 32.1. The van der Waals surface area contributed by atoms with E-state index in [0.29, 0.717) is 29.4 Å². The summed E-state index contributed by atoms with van der Waals surface area (Å²) in [6, 6.07) is 5.59. The second-order valence-electron chi connectivity index (χ2n) is 6.74. The van der Waals surface area contributed by atoms with Crippen molar-refractivity contribution in [2.45, 2.75) is 41.0 Å². The second-order valence-corrected chi connectivity index (χ2v) is 7.97. The van der Waals surface area contributed by atoms with Gasteiger partial charge in [0.25, 0.3) is 11.5 Å². The molecule has 0 spiro atoms. The number of hydrogen-bond donors (Lipinski definition) is 2. The number of H-pyrrole nitrogens is 1. The molecule has 3 aromatic rings. The monoisotopic (exact) mass is 384 g/mol. The Morgan fingerprint density at radius 1 is 1.19 bits per heavy atom. The van der Waals surface area contributed by atoms with Gasteiger partial charge in [-0.3, -0.25) is 9.59 Å². The van der Waals surface area contributed by atoms with Gasteiger partial charge < -0.3 is 14.9 Å². The van der Waals surface area contributed by atoms with E-state index in [0.717, 1.165) is 27.5 Å². The normalized spacial score (nSPS) is 11.0. The van der Waals surface area contributed by atoms with Crippen molar-refractivity contribution in [2.24, 2.45) is 0 Å². The Labute approximate surface area is 162 Å². The van der Waals surface area contributed by atoms with Crippen LogP contribution in [0.25, 0.3) is 5.69 Å². The van der Waals surface area contributed by atoms with E-state index in [1.54, 1.807) is 6.92 Å². The number of nitrogens with one attached hydrogen (secondary N) is 2. The summed E-state index contributed by atoms with van der Waals surface area (Å²) in [5.74, 6) is 0.481. The SMILES string of the molecule is Cc1nc(CCNC(=O)c2sc(C)c(C)c2-n2c(C)ccc2C)cc(=O)[nH]1. The van der Waals surface area contributed by atoms with E-state index in [-0.39, 0.29) is 11.5 Å². The lowest BCUT2D eigenvalue weighted by Gasteiger charge is -2.12. The molecular weight excluding hydrogens is 360 g/mol. The van der Waals surface area contributed by atoms with Crippen LogP contribution in [0.1, 0.15) is 43.0 Å². The fourth-order valence-electron chi connectivity index (χ4n) is 3.21. The van der Waals surface area contributed by atoms with Crippen molar-refractivity contribution < 1.29 is 4.79 Å². The van der Waals surface area contributed by atoms with Gasteiger partial charge in [0.15, 0.2) is 0 Å². The molecule has 6 nitrogen and oxygen atoms in total. The summed E-state index contributed by atoms with van der Waals surface area (Å²) in [5, 5.41) is 2.97. The minimum absolute atomic E-state index is 0.0970. The zero-order valence-electron chi connectivity index (χ0n) is 16.3. The van der Waals surface area contributed by atoms with Crippen molar-refractivity contribution in [3.63, 3.8) is 0 Å². The number of rotatable bonds is 5. The highest BCUT2D eigenvalue weighted by molar-refractivity contribution is 7.14. The largest absolute Gasteiger partial charge is 0.351 e. The summed E-state index contributed by atoms with van der Waals surface area (Å²) in [7, 11) is 0. The quantitative estimate of drug-likeness (QED) is 0.709. The van der Waals surface area contributed by atoms with Crippen molar-refractivity contribution in [1.82, 2.24) is 19.9 Å². The molecule has 1 amide bonds. The number of hydrogen-bond acceptors (Lipinski definition) is 4. The Bertz CT molecular complexity index is 1040. The maximum atomic E-state index is 12.9. The highest BCUT2D eigenvalue weighted by Crippen LogP contribution is 2.32. The van der Waals surface area contributed by atoms with Crippen LogP contribution in [0.5, 0.6) is 0 Å². The van der Waals surface area contributed by atoms with Crippen molar-refractivity contribution in [1.29, 1.82) is 0 Å². The molecule has 0 saturated carbocycles. The number of nitrogens with zero attached hydrogens (tertiary/aromatic N) is 2. The standard InChI is InChI=1S/C20H24N4O2S/c1-11-6-7-12(2)24(11)18-13(3)14(4)27-19(18)20(26)21-9-8-16-10-17(25)23-15(5)22-16/h6-7,10H,8-9H2,1-5H3,(H,21,26)(H,22,23,25). The third-order valence-electron chi connectivity index (χ3n) is 4.63. The molecule has 142 valence electrons. The van der Waals surface area contributed by atoms with Crippen molar-refractivity contribution in [2.75, 3.05) is 6.54 Å². The molecule has 0 aliphatic carbocycles. The van der Waals surface area contributed by atoms with E-state index >= 15 is 0 Å². The maximum Gasteiger partial charge on any atom is 0.263 e. The van der Waals surface area contributed by atoms with E-state index in [2.05, 4.69) is 38.9 Å². The third kappa shape index (κ3) is 3.88. The molecule has 3 aromatic heterocycles. The first kappa shape index (κ1) is 19.1. The van der Waals surface area contributed by atoms with Gasteiger partial charge in [-0.2, -0.15) is 0 Å². The smallest absolute Gasteiger partial charge is 0.263 e. The third-order valence-corrected chi connectivity index (χ3v) is 5.83. The Morgan fingerprint density at radius 2 is 1.85 bits per heavy atom. The fourth-order valence-corrected chi connectivity index (χ4v) is 4.27.